The molecular weight excluding hydrogens is 334 g/mol. The molecule has 1 heterocycles. The molecule has 7 heteroatoms. The largest absolute Gasteiger partial charge is 0.492 e. The number of benzene rings is 2. The van der Waals surface area contributed by atoms with Crippen LogP contribution in [0, 0.1) is 0 Å². The maximum atomic E-state index is 12.2. The van der Waals surface area contributed by atoms with Crippen LogP contribution in [0.5, 0.6) is 5.75 Å². The van der Waals surface area contributed by atoms with E-state index in [1.807, 2.05) is 18.2 Å². The van der Waals surface area contributed by atoms with E-state index in [1.165, 1.54) is 12.1 Å². The third kappa shape index (κ3) is 4.14. The number of hydroxylamine groups is 1. The van der Waals surface area contributed by atoms with Crippen molar-refractivity contribution in [1.29, 1.82) is 0 Å². The van der Waals surface area contributed by atoms with Gasteiger partial charge in [0, 0.05) is 22.7 Å². The highest BCUT2D eigenvalue weighted by Gasteiger charge is 2.07. The fraction of sp³-hybridized carbons (Fsp3) is 0.105. The molecule has 0 atom stereocenters. The van der Waals surface area contributed by atoms with Crippen molar-refractivity contribution >= 4 is 22.7 Å². The zero-order chi connectivity index (χ0) is 18.4. The number of rotatable bonds is 6. The molecule has 0 unspecified atom stereocenters. The van der Waals surface area contributed by atoms with Crippen LogP contribution in [0.1, 0.15) is 20.7 Å². The Bertz CT molecular complexity index is 925. The van der Waals surface area contributed by atoms with E-state index in [1.54, 1.807) is 35.9 Å². The van der Waals surface area contributed by atoms with E-state index in [2.05, 4.69) is 10.3 Å². The molecule has 0 saturated heterocycles. The number of pyridine rings is 1. The van der Waals surface area contributed by atoms with Crippen LogP contribution in [0.3, 0.4) is 0 Å². The molecule has 7 nitrogen and oxygen atoms in total. The molecule has 0 spiro atoms. The molecule has 3 N–H and O–H groups in total. The molecule has 0 saturated carbocycles. The van der Waals surface area contributed by atoms with Gasteiger partial charge in [0.1, 0.15) is 12.4 Å². The number of hydrogen-bond donors (Lipinski definition) is 3. The Hall–Kier alpha value is -3.45. The summed E-state index contributed by atoms with van der Waals surface area (Å²) < 4.78 is 5.51. The molecule has 0 aliphatic heterocycles. The lowest BCUT2D eigenvalue weighted by atomic mass is 10.1. The molecular formula is C19H17N3O4. The van der Waals surface area contributed by atoms with Crippen LogP contribution in [0.4, 0.5) is 0 Å². The van der Waals surface area contributed by atoms with Gasteiger partial charge >= 0.3 is 0 Å². The van der Waals surface area contributed by atoms with Gasteiger partial charge in [0.15, 0.2) is 0 Å². The number of amides is 2. The number of ether oxygens (including phenoxy) is 1. The zero-order valence-electron chi connectivity index (χ0n) is 13.8. The number of nitrogens with zero attached hydrogens (tertiary/aromatic N) is 1. The SMILES string of the molecule is O=C(NO)c1ccc(OCCNC(=O)c2ccc3ncccc3c2)cc1. The third-order valence-electron chi connectivity index (χ3n) is 3.74. The van der Waals surface area contributed by atoms with Crippen molar-refractivity contribution in [2.75, 3.05) is 13.2 Å². The van der Waals surface area contributed by atoms with Gasteiger partial charge in [0.05, 0.1) is 12.1 Å². The van der Waals surface area contributed by atoms with E-state index >= 15 is 0 Å². The van der Waals surface area contributed by atoms with Crippen molar-refractivity contribution < 1.29 is 19.5 Å². The lowest BCUT2D eigenvalue weighted by molar-refractivity contribution is 0.0706. The fourth-order valence-corrected chi connectivity index (χ4v) is 2.42. The first-order valence-corrected chi connectivity index (χ1v) is 7.97. The molecule has 0 aliphatic rings. The van der Waals surface area contributed by atoms with Crippen LogP contribution in [0.15, 0.2) is 60.8 Å². The summed E-state index contributed by atoms with van der Waals surface area (Å²) in [7, 11) is 0. The molecule has 0 radical (unpaired) electrons. The summed E-state index contributed by atoms with van der Waals surface area (Å²) in [5, 5.41) is 12.3. The first kappa shape index (κ1) is 17.4. The maximum Gasteiger partial charge on any atom is 0.274 e. The van der Waals surface area contributed by atoms with E-state index in [9.17, 15) is 9.59 Å². The van der Waals surface area contributed by atoms with Crippen molar-refractivity contribution in [1.82, 2.24) is 15.8 Å². The average Bonchev–Trinajstić information content (AvgIpc) is 2.70. The Kier molecular flexibility index (Phi) is 5.40. The van der Waals surface area contributed by atoms with Crippen LogP contribution in [0.25, 0.3) is 10.9 Å². The first-order valence-electron chi connectivity index (χ1n) is 7.97. The summed E-state index contributed by atoms with van der Waals surface area (Å²) in [6.07, 6.45) is 1.71. The fourth-order valence-electron chi connectivity index (χ4n) is 2.42. The molecule has 3 rings (SSSR count). The van der Waals surface area contributed by atoms with Gasteiger partial charge in [-0.3, -0.25) is 19.8 Å². The van der Waals surface area contributed by atoms with Crippen molar-refractivity contribution in [2.24, 2.45) is 0 Å². The van der Waals surface area contributed by atoms with Crippen molar-refractivity contribution in [3.63, 3.8) is 0 Å². The molecule has 2 aromatic carbocycles. The van der Waals surface area contributed by atoms with Crippen molar-refractivity contribution in [3.05, 3.63) is 71.9 Å². The normalized spacial score (nSPS) is 10.3. The minimum absolute atomic E-state index is 0.186. The molecule has 132 valence electrons. The minimum atomic E-state index is -0.589. The van der Waals surface area contributed by atoms with E-state index in [0.29, 0.717) is 23.4 Å². The first-order chi connectivity index (χ1) is 12.7. The number of carbonyl (C=O) groups excluding carboxylic acids is 2. The number of aromatic nitrogens is 1. The third-order valence-corrected chi connectivity index (χ3v) is 3.74. The second-order valence-corrected chi connectivity index (χ2v) is 5.48. The van der Waals surface area contributed by atoms with Crippen molar-refractivity contribution in [3.8, 4) is 5.75 Å². The van der Waals surface area contributed by atoms with Crippen LogP contribution in [-0.2, 0) is 0 Å². The van der Waals surface area contributed by atoms with E-state index in [4.69, 9.17) is 9.94 Å². The Balaban J connectivity index is 1.49. The zero-order valence-corrected chi connectivity index (χ0v) is 13.8. The van der Waals surface area contributed by atoms with Gasteiger partial charge in [-0.15, -0.1) is 0 Å². The molecule has 26 heavy (non-hydrogen) atoms. The van der Waals surface area contributed by atoms with Crippen LogP contribution < -0.4 is 15.5 Å². The molecule has 1 aromatic heterocycles. The summed E-state index contributed by atoms with van der Waals surface area (Å²) in [5.41, 5.74) is 3.28. The predicted octanol–water partition coefficient (Wildman–Crippen LogP) is 2.16. The Morgan fingerprint density at radius 3 is 2.54 bits per heavy atom. The monoisotopic (exact) mass is 351 g/mol. The van der Waals surface area contributed by atoms with Gasteiger partial charge in [0.2, 0.25) is 0 Å². The quantitative estimate of drug-likeness (QED) is 0.359. The van der Waals surface area contributed by atoms with Crippen LogP contribution in [0.2, 0.25) is 0 Å². The van der Waals surface area contributed by atoms with Gasteiger partial charge in [0.25, 0.3) is 11.8 Å². The Labute approximate surface area is 149 Å². The lowest BCUT2D eigenvalue weighted by Gasteiger charge is -2.09. The van der Waals surface area contributed by atoms with Gasteiger partial charge in [-0.2, -0.15) is 0 Å². The van der Waals surface area contributed by atoms with Crippen molar-refractivity contribution in [2.45, 2.75) is 0 Å². The second-order valence-electron chi connectivity index (χ2n) is 5.48. The average molecular weight is 351 g/mol. The van der Waals surface area contributed by atoms with E-state index in [-0.39, 0.29) is 12.5 Å². The van der Waals surface area contributed by atoms with Crippen LogP contribution in [-0.4, -0.2) is 35.2 Å². The molecule has 0 fully saturated rings. The molecule has 0 bridgehead atoms. The topological polar surface area (TPSA) is 101 Å². The molecule has 2 amide bonds. The maximum absolute atomic E-state index is 12.2. The van der Waals surface area contributed by atoms with E-state index in [0.717, 1.165) is 10.9 Å². The minimum Gasteiger partial charge on any atom is -0.492 e. The Morgan fingerprint density at radius 2 is 1.77 bits per heavy atom. The van der Waals surface area contributed by atoms with Gasteiger partial charge in [-0.25, -0.2) is 5.48 Å². The summed E-state index contributed by atoms with van der Waals surface area (Å²) in [6, 6.07) is 15.4. The summed E-state index contributed by atoms with van der Waals surface area (Å²) in [4.78, 5) is 27.6. The second kappa shape index (κ2) is 8.09. The van der Waals surface area contributed by atoms with Crippen LogP contribution >= 0.6 is 0 Å². The summed E-state index contributed by atoms with van der Waals surface area (Å²) in [5.74, 6) is -0.214. The molecule has 0 aliphatic carbocycles. The molecule has 3 aromatic rings. The lowest BCUT2D eigenvalue weighted by Crippen LogP contribution is -2.28. The number of nitrogens with one attached hydrogen (secondary N) is 2. The predicted molar refractivity (Wildman–Crippen MR) is 95.3 cm³/mol. The van der Waals surface area contributed by atoms with Gasteiger partial charge in [-0.1, -0.05) is 6.07 Å². The highest BCUT2D eigenvalue weighted by molar-refractivity contribution is 5.97. The number of carbonyl (C=O) groups is 2. The summed E-state index contributed by atoms with van der Waals surface area (Å²) in [6.45, 7) is 0.620. The Morgan fingerprint density at radius 1 is 1.00 bits per heavy atom. The van der Waals surface area contributed by atoms with E-state index < -0.39 is 5.91 Å². The highest BCUT2D eigenvalue weighted by Crippen LogP contribution is 2.14. The van der Waals surface area contributed by atoms with Gasteiger partial charge in [-0.05, 0) is 48.5 Å². The number of fused-ring (bicyclic) bond motifs is 1. The summed E-state index contributed by atoms with van der Waals surface area (Å²) >= 11 is 0. The smallest absolute Gasteiger partial charge is 0.274 e. The number of hydrogen-bond acceptors (Lipinski definition) is 5. The highest BCUT2D eigenvalue weighted by atomic mass is 16.5. The standard InChI is InChI=1S/C19H17N3O4/c23-18(15-5-8-17-14(12-15)2-1-9-20-17)21-10-11-26-16-6-3-13(4-7-16)19(24)22-25/h1-9,12,25H,10-11H2,(H,21,23)(H,22,24). The van der Waals surface area contributed by atoms with Gasteiger partial charge < -0.3 is 10.1 Å².